The van der Waals surface area contributed by atoms with E-state index in [1.54, 1.807) is 121 Å². The van der Waals surface area contributed by atoms with E-state index in [-0.39, 0.29) is 95.7 Å². The second-order valence-corrected chi connectivity index (χ2v) is 41.5. The first-order valence-corrected chi connectivity index (χ1v) is 52.0. The van der Waals surface area contributed by atoms with Crippen LogP contribution < -0.4 is 57.3 Å². The Bertz CT molecular complexity index is 4810. The van der Waals surface area contributed by atoms with E-state index < -0.39 is 258 Å². The third-order valence-electron chi connectivity index (χ3n) is 27.6. The molecular formula is C109H174N14O24. The number of ketones is 2. The molecule has 0 bridgehead atoms. The van der Waals surface area contributed by atoms with Gasteiger partial charge in [0.25, 0.3) is 0 Å². The zero-order chi connectivity index (χ0) is 110. The van der Waals surface area contributed by atoms with Crippen molar-refractivity contribution in [1.29, 1.82) is 0 Å². The summed E-state index contributed by atoms with van der Waals surface area (Å²) in [7, 11) is 8.89. The molecule has 3 aromatic carbocycles. The smallest absolute Gasteiger partial charge is 0.410 e. The van der Waals surface area contributed by atoms with Gasteiger partial charge in [-0.2, -0.15) is 0 Å². The van der Waals surface area contributed by atoms with Crippen LogP contribution in [0, 0.1) is 59.2 Å². The highest BCUT2D eigenvalue weighted by Crippen LogP contribution is 2.31. The van der Waals surface area contributed by atoms with Gasteiger partial charge in [0, 0.05) is 47.1 Å². The van der Waals surface area contributed by atoms with Crippen LogP contribution in [0.3, 0.4) is 0 Å². The number of carbonyl (C=O) groups excluding carboxylic acids is 17. The zero-order valence-corrected chi connectivity index (χ0v) is 91.3. The van der Waals surface area contributed by atoms with Crippen LogP contribution in [0.1, 0.15) is 253 Å². The fraction of sp³-hybridized carbons (Fsp3) is 0.679. The minimum atomic E-state index is -1.71. The molecule has 824 valence electrons. The summed E-state index contributed by atoms with van der Waals surface area (Å²) in [5.41, 5.74) is 1.94. The van der Waals surface area contributed by atoms with E-state index in [4.69, 9.17) is 23.7 Å². The summed E-state index contributed by atoms with van der Waals surface area (Å²) in [6, 6.07) is 5.91. The molecule has 147 heavy (non-hydrogen) atoms. The number of amides is 13. The van der Waals surface area contributed by atoms with E-state index in [0.717, 1.165) is 4.90 Å². The van der Waals surface area contributed by atoms with Crippen LogP contribution in [-0.4, -0.2) is 300 Å². The molecule has 0 aliphatic carbocycles. The molecule has 4 heterocycles. The molecule has 0 saturated carbocycles. The molecule has 38 nitrogen and oxygen atoms in total. The number of likely N-dealkylation sites (N-methyl/N-ethyl adjacent to an activating group) is 4. The summed E-state index contributed by atoms with van der Waals surface area (Å²) in [6.45, 7) is 38.9. The number of Topliss-reactive ketones (excluding diaryl/α,β-unsaturated/α-hetero) is 2. The molecule has 13 amide bonds. The third kappa shape index (κ3) is 37.2. The van der Waals surface area contributed by atoms with Gasteiger partial charge in [0.05, 0.1) is 81.3 Å². The van der Waals surface area contributed by atoms with Gasteiger partial charge in [-0.05, 0) is 174 Å². The highest BCUT2D eigenvalue weighted by Gasteiger charge is 2.49. The average Bonchev–Trinajstić information content (AvgIpc) is 1.70. The Kier molecular flexibility index (Phi) is 53.2. The molecule has 3 aromatic rings. The molecular weight excluding hydrogens is 1890 g/mol. The number of benzene rings is 3. The Labute approximate surface area is 870 Å². The molecule has 4 aliphatic heterocycles. The summed E-state index contributed by atoms with van der Waals surface area (Å²) in [6.07, 6.45) is -4.90. The Morgan fingerprint density at radius 2 is 0.850 bits per heavy atom. The number of esters is 2. The molecule has 38 heteroatoms. The number of ether oxygens (including phenoxy) is 5. The van der Waals surface area contributed by atoms with Crippen molar-refractivity contribution in [2.24, 2.45) is 59.2 Å². The standard InChI is InChI=1S/C57H85N7O13.C49H79N7O11.C2H6.CH4/c1-14-35(8)48-45(65)30-46(66)59-47(34(6)7)50(67)36(9)51(68)58-41(27-32(2)3)54(71)64-26-18-21-42(64)55(72)62(11)44(29-38-22-24-40(75-13)25-23-38)56(73)77-37(10)49(53(70)60-48)61-52(69)43(28-33(4)5)63(12)57(74)76-31-39-19-16-15-17-20-39;1-14-29(8)41-38(57)25-39(58)52-40(28(6)7)43(59)30(9)44(60)51-35(23-27(4)5)47(63)56-21-15-16-36(56)48(64)55(12)37(24-32-17-19-33(66-13)20-18-32)49(65)67-31(10)42(46(62)53-41)54-45(61)34(50-11)22-26(2)3;1-2;/h15-17,19-20,22-25,32-37,41-45,47-49,65H,14,18,21,26-31H2,1-13H3,(H,58,68)(H,59,66)(H,60,70)(H,61,69);17-20,26-31,34-38,40-42,50,57H,14-16,21-25H2,1-13H3,(H,51,60)(H,52,58)(H,53,62)(H,54,61);1-2H3;1H4/t35-,36-,37+,41-,42-,43+,44-,45-,47-,48+,49-;29-,30-,31+,34+,35-,36-,37-,38-,40-,41+,42-;;/m00../s1. The van der Waals surface area contributed by atoms with E-state index in [1.807, 2.05) is 89.2 Å². The molecule has 0 spiro atoms. The summed E-state index contributed by atoms with van der Waals surface area (Å²) in [5.74, 6) is -15.1. The SMILES string of the molecule is C.CC.CC[C@H](C)[C@H]1NC(=O)[C@@H](NC(=O)[C@@H](CC(C)C)N(C)C(=O)OCc2ccccc2)[C@@H](C)OC(=O)[C@H](Cc2ccc(OC)cc2)N(C)C(=O)[C@@H]2CCCN2C(=O)[C@H](CC(C)C)NC(=O)[C@@H](C)C(=O)[C@H](C(C)C)NC(=O)C[C@@H]1O.CC[C@H](C)[C@H]1NC(=O)[C@@H](NC(=O)[C@@H](CC(C)C)NC)[C@@H](C)OC(=O)[C@H](Cc2ccc(OC)cc2)N(C)C(=O)[C@@H]2CCCN2C(=O)[C@H](CC(C)C)NC(=O)[C@@H](C)C(=O)[C@H](C(C)C)NC(=O)C[C@@H]1O. The topological polar surface area (TPSA) is 501 Å². The Morgan fingerprint density at radius 3 is 1.18 bits per heavy atom. The van der Waals surface area contributed by atoms with Crippen molar-refractivity contribution < 1.29 is 115 Å². The number of hydrogen-bond acceptors (Lipinski definition) is 25. The van der Waals surface area contributed by atoms with Crippen LogP contribution in [-0.2, 0) is 110 Å². The van der Waals surface area contributed by atoms with Gasteiger partial charge in [-0.25, -0.2) is 14.4 Å². The van der Waals surface area contributed by atoms with Crippen molar-refractivity contribution in [3.8, 4) is 11.5 Å². The monoisotopic (exact) mass is 2060 g/mol. The fourth-order valence-corrected chi connectivity index (χ4v) is 18.4. The van der Waals surface area contributed by atoms with Crippen LogP contribution in [0.25, 0.3) is 0 Å². The summed E-state index contributed by atoms with van der Waals surface area (Å²) >= 11 is 0. The Morgan fingerprint density at radius 1 is 0.483 bits per heavy atom. The van der Waals surface area contributed by atoms with E-state index in [1.165, 1.54) is 82.7 Å². The maximum Gasteiger partial charge on any atom is 0.410 e. The van der Waals surface area contributed by atoms with Gasteiger partial charge >= 0.3 is 18.0 Å². The molecule has 22 atom stereocenters. The highest BCUT2D eigenvalue weighted by molar-refractivity contribution is 6.07. The lowest BCUT2D eigenvalue weighted by atomic mass is 9.89. The minimum Gasteiger partial charge on any atom is -0.497 e. The number of rotatable bonds is 28. The second-order valence-electron chi connectivity index (χ2n) is 41.5. The Balaban J connectivity index is 0.000000604. The van der Waals surface area contributed by atoms with Crippen LogP contribution in [0.15, 0.2) is 78.9 Å². The Hall–Kier alpha value is -11.7. The maximum absolute atomic E-state index is 14.9. The fourth-order valence-electron chi connectivity index (χ4n) is 18.4. The van der Waals surface area contributed by atoms with Crippen LogP contribution in [0.4, 0.5) is 4.79 Å². The van der Waals surface area contributed by atoms with Crippen molar-refractivity contribution in [3.05, 3.63) is 95.6 Å². The number of hydrogen-bond donors (Lipinski definition) is 11. The lowest BCUT2D eigenvalue weighted by molar-refractivity contribution is -0.162. The van der Waals surface area contributed by atoms with Crippen LogP contribution >= 0.6 is 0 Å². The molecule has 11 N–H and O–H groups in total. The van der Waals surface area contributed by atoms with E-state index in [9.17, 15) is 91.7 Å². The van der Waals surface area contributed by atoms with Crippen molar-refractivity contribution in [1.82, 2.24) is 72.4 Å². The van der Waals surface area contributed by atoms with Crippen molar-refractivity contribution in [2.75, 3.05) is 55.5 Å². The molecule has 0 radical (unpaired) electrons. The number of nitrogens with zero attached hydrogens (tertiary/aromatic N) is 5. The zero-order valence-electron chi connectivity index (χ0n) is 91.3. The first-order valence-electron chi connectivity index (χ1n) is 52.0. The van der Waals surface area contributed by atoms with E-state index in [2.05, 4.69) is 47.9 Å². The van der Waals surface area contributed by atoms with Gasteiger partial charge in [-0.3, -0.25) is 72.0 Å². The normalized spacial score (nSPS) is 26.1. The number of aliphatic hydroxyl groups excluding tert-OH is 2. The highest BCUT2D eigenvalue weighted by atomic mass is 16.6. The van der Waals surface area contributed by atoms with Gasteiger partial charge in [-0.1, -0.05) is 199 Å². The van der Waals surface area contributed by atoms with Gasteiger partial charge in [-0.15, -0.1) is 0 Å². The lowest BCUT2D eigenvalue weighted by Gasteiger charge is -2.36. The number of carbonyl (C=O) groups is 17. The van der Waals surface area contributed by atoms with Gasteiger partial charge in [0.1, 0.15) is 84.7 Å². The first-order chi connectivity index (χ1) is 68.7. The molecule has 4 saturated heterocycles. The molecule has 4 aliphatic rings. The van der Waals surface area contributed by atoms with Crippen LogP contribution in [0.2, 0.25) is 0 Å². The van der Waals surface area contributed by atoms with Crippen molar-refractivity contribution in [3.63, 3.8) is 0 Å². The van der Waals surface area contributed by atoms with Crippen molar-refractivity contribution in [2.45, 2.75) is 365 Å². The maximum atomic E-state index is 14.9. The van der Waals surface area contributed by atoms with Crippen LogP contribution in [0.5, 0.6) is 11.5 Å². The number of cyclic esters (lactones) is 2. The number of fused-ring (bicyclic) bond motifs is 2. The van der Waals surface area contributed by atoms with Gasteiger partial charge < -0.3 is 101 Å². The van der Waals surface area contributed by atoms with E-state index >= 15 is 0 Å². The largest absolute Gasteiger partial charge is 0.497 e. The predicted octanol–water partition coefficient (Wildman–Crippen LogP) is 8.27. The number of methoxy groups -OCH3 is 2. The molecule has 0 aromatic heterocycles. The van der Waals surface area contributed by atoms with Gasteiger partial charge in [0.2, 0.25) is 70.9 Å². The molecule has 0 unspecified atom stereocenters. The first kappa shape index (κ1) is 128. The van der Waals surface area contributed by atoms with Crippen molar-refractivity contribution >= 4 is 100 Å². The summed E-state index contributed by atoms with van der Waals surface area (Å²) in [4.78, 5) is 250. The quantitative estimate of drug-likeness (QED) is 0.0185. The third-order valence-corrected chi connectivity index (χ3v) is 27.6. The summed E-state index contributed by atoms with van der Waals surface area (Å²) < 4.78 is 28.5. The average molecular weight is 2060 g/mol. The summed E-state index contributed by atoms with van der Waals surface area (Å²) in [5, 5.41) is 48.6. The minimum absolute atomic E-state index is 0. The molecule has 7 rings (SSSR count). The number of nitrogens with one attached hydrogen (secondary N) is 9. The van der Waals surface area contributed by atoms with E-state index in [0.29, 0.717) is 60.3 Å². The second kappa shape index (κ2) is 61.3. The number of aliphatic hydroxyl groups is 2. The lowest BCUT2D eigenvalue weighted by Crippen LogP contribution is -2.61. The van der Waals surface area contributed by atoms with Gasteiger partial charge in [0.15, 0.2) is 11.6 Å². The molecule has 4 fully saturated rings. The predicted molar refractivity (Wildman–Crippen MR) is 558 cm³/mol.